The molecule has 1 aromatic carbocycles. The van der Waals surface area contributed by atoms with E-state index in [2.05, 4.69) is 12.2 Å². The van der Waals surface area contributed by atoms with E-state index in [0.29, 0.717) is 19.3 Å². The molecule has 140 valence electrons. The number of nitrogens with two attached hydrogens (primary N) is 1. The van der Waals surface area contributed by atoms with E-state index in [1.54, 1.807) is 0 Å². The molecule has 0 aliphatic rings. The van der Waals surface area contributed by atoms with E-state index in [1.165, 1.54) is 5.06 Å². The monoisotopic (exact) mass is 349 g/mol. The molecule has 0 saturated heterocycles. The number of nitrogens with one attached hydrogen (secondary N) is 1. The zero-order valence-electron chi connectivity index (χ0n) is 15.3. The molecule has 1 aromatic rings. The number of nitrogens with zero attached hydrogens (tertiary/aromatic N) is 1. The Morgan fingerprint density at radius 1 is 1.28 bits per heavy atom. The van der Waals surface area contributed by atoms with E-state index in [-0.39, 0.29) is 31.1 Å². The summed E-state index contributed by atoms with van der Waals surface area (Å²) in [5, 5.41) is 3.97. The van der Waals surface area contributed by atoms with Gasteiger partial charge in [0, 0.05) is 0 Å². The van der Waals surface area contributed by atoms with Crippen LogP contribution in [0.15, 0.2) is 30.3 Å². The van der Waals surface area contributed by atoms with Crippen LogP contribution in [0, 0.1) is 5.92 Å². The van der Waals surface area contributed by atoms with Crippen molar-refractivity contribution in [1.29, 1.82) is 0 Å². The number of hydrogen-bond acceptors (Lipinski definition) is 4. The smallest absolute Gasteiger partial charge is 0.233 e. The molecule has 0 aliphatic carbocycles. The highest BCUT2D eigenvalue weighted by Crippen LogP contribution is 2.22. The van der Waals surface area contributed by atoms with Crippen molar-refractivity contribution >= 4 is 12.3 Å². The summed E-state index contributed by atoms with van der Waals surface area (Å²) in [5.41, 5.74) is 6.43. The largest absolute Gasteiger partial charge is 0.343 e. The Labute approximate surface area is 150 Å². The maximum atomic E-state index is 12.4. The van der Waals surface area contributed by atoms with Gasteiger partial charge >= 0.3 is 0 Å². The van der Waals surface area contributed by atoms with Crippen LogP contribution in [0.4, 0.5) is 0 Å². The van der Waals surface area contributed by atoms with Crippen molar-refractivity contribution < 1.29 is 14.4 Å². The predicted octanol–water partition coefficient (Wildman–Crippen LogP) is 2.58. The Balaban J connectivity index is 2.80. The van der Waals surface area contributed by atoms with Crippen LogP contribution in [0.1, 0.15) is 51.5 Å². The lowest BCUT2D eigenvalue weighted by atomic mass is 9.90. The van der Waals surface area contributed by atoms with Crippen LogP contribution in [-0.2, 0) is 21.0 Å². The highest BCUT2D eigenvalue weighted by molar-refractivity contribution is 5.79. The van der Waals surface area contributed by atoms with Crippen molar-refractivity contribution in [2.45, 2.75) is 58.6 Å². The number of carbonyl (C=O) groups is 2. The van der Waals surface area contributed by atoms with Crippen LogP contribution in [0.25, 0.3) is 0 Å². The summed E-state index contributed by atoms with van der Waals surface area (Å²) in [6.07, 6.45) is 5.05. The Hall–Kier alpha value is -1.92. The quantitative estimate of drug-likeness (QED) is 0.248. The number of carbonyl (C=O) groups excluding carboxylic acids is 2. The summed E-state index contributed by atoms with van der Waals surface area (Å²) in [5.74, 6) is -0.457. The number of unbranched alkanes of at least 4 members (excludes halogenated alkanes) is 2. The third kappa shape index (κ3) is 7.23. The molecule has 25 heavy (non-hydrogen) atoms. The lowest BCUT2D eigenvalue weighted by Crippen LogP contribution is -2.47. The first-order valence-corrected chi connectivity index (χ1v) is 9.06. The topological polar surface area (TPSA) is 84.7 Å². The third-order valence-corrected chi connectivity index (χ3v) is 4.27. The molecule has 0 spiro atoms. The van der Waals surface area contributed by atoms with Crippen LogP contribution >= 0.6 is 0 Å². The summed E-state index contributed by atoms with van der Waals surface area (Å²) < 4.78 is 0. The van der Waals surface area contributed by atoms with Gasteiger partial charge in [0.2, 0.25) is 12.3 Å². The minimum atomic E-state index is -0.332. The fraction of sp³-hybridized carbons (Fsp3) is 0.579. The van der Waals surface area contributed by atoms with Crippen LogP contribution < -0.4 is 11.1 Å². The van der Waals surface area contributed by atoms with Gasteiger partial charge in [0.1, 0.15) is 6.61 Å². The van der Waals surface area contributed by atoms with Gasteiger partial charge in [-0.2, -0.15) is 0 Å². The lowest BCUT2D eigenvalue weighted by molar-refractivity contribution is -0.200. The average Bonchev–Trinajstić information content (AvgIpc) is 2.64. The summed E-state index contributed by atoms with van der Waals surface area (Å²) in [4.78, 5) is 29.7. The Kier molecular flexibility index (Phi) is 10.5. The zero-order chi connectivity index (χ0) is 18.5. The molecule has 2 amide bonds. The van der Waals surface area contributed by atoms with Gasteiger partial charge in [-0.05, 0) is 18.4 Å². The van der Waals surface area contributed by atoms with Gasteiger partial charge in [0.05, 0.1) is 18.6 Å². The molecule has 0 bridgehead atoms. The molecule has 0 aliphatic heterocycles. The molecular weight excluding hydrogens is 318 g/mol. The first-order valence-electron chi connectivity index (χ1n) is 9.06. The highest BCUT2D eigenvalue weighted by Gasteiger charge is 2.31. The van der Waals surface area contributed by atoms with Crippen LogP contribution in [0.3, 0.4) is 0 Å². The van der Waals surface area contributed by atoms with Crippen molar-refractivity contribution in [3.05, 3.63) is 35.9 Å². The van der Waals surface area contributed by atoms with Crippen molar-refractivity contribution in [3.63, 3.8) is 0 Å². The molecule has 3 N–H and O–H groups in total. The van der Waals surface area contributed by atoms with E-state index in [4.69, 9.17) is 10.6 Å². The molecule has 0 saturated carbocycles. The van der Waals surface area contributed by atoms with E-state index < -0.39 is 0 Å². The van der Waals surface area contributed by atoms with E-state index in [1.807, 2.05) is 37.3 Å². The van der Waals surface area contributed by atoms with Gasteiger partial charge in [-0.1, -0.05) is 63.4 Å². The van der Waals surface area contributed by atoms with Crippen LogP contribution in [0.2, 0.25) is 0 Å². The normalized spacial score (nSPS) is 13.1. The molecule has 1 rings (SSSR count). The molecule has 0 radical (unpaired) electrons. The molecule has 6 heteroatoms. The summed E-state index contributed by atoms with van der Waals surface area (Å²) in [6.45, 7) is 4.45. The van der Waals surface area contributed by atoms with Crippen LogP contribution in [0.5, 0.6) is 0 Å². The predicted molar refractivity (Wildman–Crippen MR) is 98.0 cm³/mol. The second-order valence-electron chi connectivity index (χ2n) is 6.05. The van der Waals surface area contributed by atoms with Crippen molar-refractivity contribution in [2.75, 3.05) is 6.67 Å². The zero-order valence-corrected chi connectivity index (χ0v) is 15.3. The van der Waals surface area contributed by atoms with E-state index >= 15 is 0 Å². The standard InChI is InChI=1S/C19H31N3O3/c1-3-5-7-12-17(19(24)21-14-20)18(4-2)22(15-23)25-13-16-10-8-6-9-11-16/h6,8-11,15,17-18H,3-5,7,12-14,20H2,1-2H3,(H,21,24)/t17-,18-/m1/s1. The number of amides is 2. The Bertz CT molecular complexity index is 496. The molecule has 0 fully saturated rings. The minimum absolute atomic E-state index is 0.0888. The molecular formula is C19H31N3O3. The molecule has 0 aromatic heterocycles. The van der Waals surface area contributed by atoms with Crippen molar-refractivity contribution in [3.8, 4) is 0 Å². The minimum Gasteiger partial charge on any atom is -0.343 e. The van der Waals surface area contributed by atoms with Gasteiger partial charge in [-0.3, -0.25) is 14.4 Å². The molecule has 2 atom stereocenters. The number of benzene rings is 1. The maximum absolute atomic E-state index is 12.4. The van der Waals surface area contributed by atoms with Gasteiger partial charge in [-0.15, -0.1) is 0 Å². The van der Waals surface area contributed by atoms with Gasteiger partial charge < -0.3 is 11.1 Å². The van der Waals surface area contributed by atoms with E-state index in [9.17, 15) is 9.59 Å². The maximum Gasteiger partial charge on any atom is 0.233 e. The first kappa shape index (κ1) is 21.1. The van der Waals surface area contributed by atoms with Crippen LogP contribution in [-0.4, -0.2) is 30.1 Å². The van der Waals surface area contributed by atoms with Gasteiger partial charge in [0.25, 0.3) is 0 Å². The summed E-state index contributed by atoms with van der Waals surface area (Å²) in [6, 6.07) is 9.32. The van der Waals surface area contributed by atoms with Gasteiger partial charge in [-0.25, -0.2) is 5.06 Å². The van der Waals surface area contributed by atoms with Crippen molar-refractivity contribution in [2.24, 2.45) is 11.7 Å². The summed E-state index contributed by atoms with van der Waals surface area (Å²) in [7, 11) is 0. The fourth-order valence-electron chi connectivity index (χ4n) is 2.91. The number of hydrogen-bond donors (Lipinski definition) is 2. The fourth-order valence-corrected chi connectivity index (χ4v) is 2.91. The van der Waals surface area contributed by atoms with Gasteiger partial charge in [0.15, 0.2) is 0 Å². The molecule has 6 nitrogen and oxygen atoms in total. The number of hydroxylamine groups is 2. The summed E-state index contributed by atoms with van der Waals surface area (Å²) >= 11 is 0. The third-order valence-electron chi connectivity index (χ3n) is 4.27. The highest BCUT2D eigenvalue weighted by atomic mass is 16.7. The SMILES string of the molecule is CCCCC[C@@H](C(=O)NCN)[C@@H](CC)N(C=O)OCc1ccccc1. The Morgan fingerprint density at radius 3 is 2.56 bits per heavy atom. The average molecular weight is 349 g/mol. The van der Waals surface area contributed by atoms with E-state index in [0.717, 1.165) is 24.8 Å². The lowest BCUT2D eigenvalue weighted by Gasteiger charge is -2.32. The Morgan fingerprint density at radius 2 is 2.00 bits per heavy atom. The second kappa shape index (κ2) is 12.4. The number of rotatable bonds is 13. The second-order valence-corrected chi connectivity index (χ2v) is 6.05. The molecule has 0 unspecified atom stereocenters. The first-order chi connectivity index (χ1) is 12.2. The molecule has 0 heterocycles. The van der Waals surface area contributed by atoms with Crippen molar-refractivity contribution in [1.82, 2.24) is 10.4 Å².